The molecule has 0 radical (unpaired) electrons. The van der Waals surface area contributed by atoms with Crippen molar-refractivity contribution >= 4 is 40.0 Å². The number of halogens is 1. The van der Waals surface area contributed by atoms with Gasteiger partial charge in [0.15, 0.2) is 5.65 Å². The molecule has 3 aliphatic rings. The van der Waals surface area contributed by atoms with Crippen LogP contribution in [0.5, 0.6) is 0 Å². The van der Waals surface area contributed by atoms with Crippen LogP contribution in [0.15, 0.2) is 30.9 Å². The van der Waals surface area contributed by atoms with E-state index in [2.05, 4.69) is 22.1 Å². The third-order valence-corrected chi connectivity index (χ3v) is 8.86. The highest BCUT2D eigenvalue weighted by molar-refractivity contribution is 6.36. The van der Waals surface area contributed by atoms with Crippen LogP contribution in [0.3, 0.4) is 0 Å². The first-order valence-electron chi connectivity index (χ1n) is 13.0. The van der Waals surface area contributed by atoms with E-state index in [-0.39, 0.29) is 24.3 Å². The van der Waals surface area contributed by atoms with Gasteiger partial charge in [0.25, 0.3) is 0 Å². The number of fused-ring (bicyclic) bond motifs is 3. The van der Waals surface area contributed by atoms with Crippen LogP contribution >= 0.6 is 11.6 Å². The SMILES string of the molecule is C[C@@H]1OCC2(CCN(c3nc4c(c(-c5ccnc(NC6CC6)c5Cl)cn4CO)c4nccn34)CC2)[C@@H]1N. The summed E-state index contributed by atoms with van der Waals surface area (Å²) in [5.41, 5.74) is 9.72. The molecule has 0 aromatic carbocycles. The highest BCUT2D eigenvalue weighted by Crippen LogP contribution is 2.43. The number of nitrogens with one attached hydrogen (secondary N) is 1. The molecule has 0 amide bonds. The minimum Gasteiger partial charge on any atom is -0.376 e. The number of ether oxygens (including phenoxy) is 1. The van der Waals surface area contributed by atoms with Crippen LogP contribution in [-0.2, 0) is 11.5 Å². The van der Waals surface area contributed by atoms with Crippen LogP contribution in [0.1, 0.15) is 32.6 Å². The first-order valence-corrected chi connectivity index (χ1v) is 13.4. The first kappa shape index (κ1) is 23.2. The van der Waals surface area contributed by atoms with Crippen molar-refractivity contribution in [2.24, 2.45) is 11.1 Å². The third-order valence-electron chi connectivity index (χ3n) is 8.47. The number of hydrogen-bond acceptors (Lipinski definition) is 8. The molecule has 6 heterocycles. The van der Waals surface area contributed by atoms with Crippen molar-refractivity contribution in [3.63, 3.8) is 0 Å². The van der Waals surface area contributed by atoms with Gasteiger partial charge in [-0.1, -0.05) is 11.6 Å². The van der Waals surface area contributed by atoms with Crippen LogP contribution in [0, 0.1) is 5.41 Å². The number of aliphatic hydroxyl groups is 1. The molecule has 4 aromatic rings. The number of anilines is 2. The summed E-state index contributed by atoms with van der Waals surface area (Å²) in [5.74, 6) is 1.49. The Balaban J connectivity index is 1.31. The maximum Gasteiger partial charge on any atom is 0.213 e. The number of rotatable bonds is 5. The molecule has 2 saturated heterocycles. The molecule has 1 saturated carbocycles. The Labute approximate surface area is 219 Å². The average Bonchev–Trinajstić information content (AvgIpc) is 3.35. The van der Waals surface area contributed by atoms with Gasteiger partial charge in [-0.05, 0) is 38.7 Å². The fourth-order valence-electron chi connectivity index (χ4n) is 6.02. The zero-order valence-electron chi connectivity index (χ0n) is 20.8. The molecule has 11 heteroatoms. The van der Waals surface area contributed by atoms with E-state index in [1.807, 2.05) is 22.9 Å². The van der Waals surface area contributed by atoms with E-state index in [4.69, 9.17) is 32.0 Å². The molecular weight excluding hydrogens is 492 g/mol. The van der Waals surface area contributed by atoms with Gasteiger partial charge in [0, 0.05) is 66.5 Å². The highest BCUT2D eigenvalue weighted by Gasteiger charge is 2.47. The van der Waals surface area contributed by atoms with Crippen molar-refractivity contribution in [3.8, 4) is 11.1 Å². The maximum atomic E-state index is 10.3. The van der Waals surface area contributed by atoms with Gasteiger partial charge in [-0.3, -0.25) is 4.40 Å². The number of aliphatic hydroxyl groups excluding tert-OH is 1. The van der Waals surface area contributed by atoms with Gasteiger partial charge < -0.3 is 30.4 Å². The number of imidazole rings is 1. The number of aromatic nitrogens is 5. The number of nitrogens with two attached hydrogens (primary N) is 1. The van der Waals surface area contributed by atoms with Crippen molar-refractivity contribution in [1.82, 2.24) is 23.9 Å². The molecule has 2 atom stereocenters. The molecule has 10 nitrogen and oxygen atoms in total. The van der Waals surface area contributed by atoms with E-state index >= 15 is 0 Å². The average molecular weight is 523 g/mol. The topological polar surface area (TPSA) is 119 Å². The lowest BCUT2D eigenvalue weighted by Crippen LogP contribution is -2.51. The monoisotopic (exact) mass is 522 g/mol. The smallest absolute Gasteiger partial charge is 0.213 e. The molecule has 1 spiro atoms. The lowest BCUT2D eigenvalue weighted by molar-refractivity contribution is 0.0973. The Morgan fingerprint density at radius 2 is 2.00 bits per heavy atom. The fraction of sp³-hybridized carbons (Fsp3) is 0.500. The Bertz CT molecular complexity index is 1490. The molecule has 1 aliphatic carbocycles. The predicted octanol–water partition coefficient (Wildman–Crippen LogP) is 3.26. The van der Waals surface area contributed by atoms with Gasteiger partial charge in [0.05, 0.1) is 23.1 Å². The highest BCUT2D eigenvalue weighted by atomic mass is 35.5. The summed E-state index contributed by atoms with van der Waals surface area (Å²) < 4.78 is 9.70. The number of pyridine rings is 1. The van der Waals surface area contributed by atoms with Gasteiger partial charge in [0.1, 0.15) is 18.2 Å². The zero-order chi connectivity index (χ0) is 25.3. The van der Waals surface area contributed by atoms with Crippen LogP contribution in [-0.4, -0.2) is 66.9 Å². The predicted molar refractivity (Wildman–Crippen MR) is 143 cm³/mol. The summed E-state index contributed by atoms with van der Waals surface area (Å²) >= 11 is 6.85. The number of hydrogen-bond donors (Lipinski definition) is 3. The largest absolute Gasteiger partial charge is 0.376 e. The molecule has 7 rings (SSSR count). The van der Waals surface area contributed by atoms with E-state index < -0.39 is 0 Å². The Morgan fingerprint density at radius 1 is 1.19 bits per heavy atom. The Kier molecular flexibility index (Phi) is 5.37. The van der Waals surface area contributed by atoms with Crippen LogP contribution in [0.2, 0.25) is 5.02 Å². The summed E-state index contributed by atoms with van der Waals surface area (Å²) in [6.07, 6.45) is 11.7. The lowest BCUT2D eigenvalue weighted by Gasteiger charge is -2.41. The van der Waals surface area contributed by atoms with Crippen LogP contribution in [0.4, 0.5) is 11.8 Å². The quantitative estimate of drug-likeness (QED) is 0.365. The molecule has 37 heavy (non-hydrogen) atoms. The molecule has 4 aromatic heterocycles. The molecule has 194 valence electrons. The van der Waals surface area contributed by atoms with E-state index in [1.54, 1.807) is 17.0 Å². The van der Waals surface area contributed by atoms with E-state index in [0.29, 0.717) is 22.5 Å². The normalized spacial score (nSPS) is 23.5. The van der Waals surface area contributed by atoms with Gasteiger partial charge in [-0.25, -0.2) is 9.97 Å². The summed E-state index contributed by atoms with van der Waals surface area (Å²) in [6, 6.07) is 2.39. The minimum atomic E-state index is -0.205. The Hall–Kier alpha value is -2.92. The molecule has 0 bridgehead atoms. The van der Waals surface area contributed by atoms with Crippen molar-refractivity contribution in [3.05, 3.63) is 35.9 Å². The second-order valence-electron chi connectivity index (χ2n) is 10.7. The van der Waals surface area contributed by atoms with Gasteiger partial charge in [0.2, 0.25) is 5.95 Å². The molecule has 2 aliphatic heterocycles. The third kappa shape index (κ3) is 3.61. The zero-order valence-corrected chi connectivity index (χ0v) is 21.5. The second kappa shape index (κ2) is 8.56. The summed E-state index contributed by atoms with van der Waals surface area (Å²) in [5, 5.41) is 15.1. The summed E-state index contributed by atoms with van der Waals surface area (Å²) in [4.78, 5) is 16.6. The summed E-state index contributed by atoms with van der Waals surface area (Å²) in [6.45, 7) is 4.24. The van der Waals surface area contributed by atoms with Crippen LogP contribution < -0.4 is 16.0 Å². The van der Waals surface area contributed by atoms with Crippen molar-refractivity contribution in [2.75, 3.05) is 29.9 Å². The molecule has 3 fully saturated rings. The van der Waals surface area contributed by atoms with Gasteiger partial charge >= 0.3 is 0 Å². The number of nitrogens with zero attached hydrogens (tertiary/aromatic N) is 6. The van der Waals surface area contributed by atoms with Crippen molar-refractivity contribution < 1.29 is 9.84 Å². The maximum absolute atomic E-state index is 10.3. The van der Waals surface area contributed by atoms with Gasteiger partial charge in [-0.15, -0.1) is 0 Å². The first-order chi connectivity index (χ1) is 18.0. The standard InChI is InChI=1S/C26H31ClN8O2/c1-15-21(28)26(13-37-15)5-9-33(10-6-26)25-32-24-19(23-30-8-11-35(23)25)18(12-34(24)14-36)17-4-7-29-22(20(17)27)31-16-2-3-16/h4,7-8,11-12,15-16,21,36H,2-3,5-6,9-10,13-14,28H2,1H3,(H,29,31)/t15-,21+/m0/s1. The lowest BCUT2D eigenvalue weighted by atomic mass is 9.73. The number of piperidine rings is 1. The van der Waals surface area contributed by atoms with Crippen molar-refractivity contribution in [2.45, 2.75) is 57.5 Å². The summed E-state index contributed by atoms with van der Waals surface area (Å²) in [7, 11) is 0. The minimum absolute atomic E-state index is 0.0247. The van der Waals surface area contributed by atoms with E-state index in [9.17, 15) is 5.11 Å². The fourth-order valence-corrected chi connectivity index (χ4v) is 6.29. The Morgan fingerprint density at radius 3 is 2.70 bits per heavy atom. The molecule has 4 N–H and O–H groups in total. The van der Waals surface area contributed by atoms with Crippen molar-refractivity contribution in [1.29, 1.82) is 0 Å². The van der Waals surface area contributed by atoms with Crippen LogP contribution in [0.25, 0.3) is 27.8 Å². The molecular formula is C26H31ClN8O2. The second-order valence-corrected chi connectivity index (χ2v) is 11.1. The van der Waals surface area contributed by atoms with E-state index in [0.717, 1.165) is 73.5 Å². The molecule has 0 unspecified atom stereocenters. The van der Waals surface area contributed by atoms with Gasteiger partial charge in [-0.2, -0.15) is 4.98 Å². The van der Waals surface area contributed by atoms with E-state index in [1.165, 1.54) is 0 Å².